The number of hydrogen-bond acceptors (Lipinski definition) is 6. The van der Waals surface area contributed by atoms with Gasteiger partial charge in [-0.15, -0.1) is 11.3 Å². The Labute approximate surface area is 163 Å². The van der Waals surface area contributed by atoms with Gasteiger partial charge in [0.15, 0.2) is 5.13 Å². The van der Waals surface area contributed by atoms with Crippen LogP contribution in [-0.2, 0) is 11.3 Å². The molecule has 27 heavy (non-hydrogen) atoms. The Balaban J connectivity index is 1.49. The number of fused-ring (bicyclic) bond motifs is 1. The fourth-order valence-electron chi connectivity index (χ4n) is 2.63. The zero-order valence-electron chi connectivity index (χ0n) is 14.5. The van der Waals surface area contributed by atoms with E-state index in [2.05, 4.69) is 15.4 Å². The number of thiophene rings is 1. The number of carbonyl (C=O) groups excluding carboxylic acids is 1. The fraction of sp³-hybridized carbons (Fsp3) is 0.158. The summed E-state index contributed by atoms with van der Waals surface area (Å²) in [7, 11) is 0. The van der Waals surface area contributed by atoms with E-state index >= 15 is 0 Å². The lowest BCUT2D eigenvalue weighted by molar-refractivity contribution is -0.119. The van der Waals surface area contributed by atoms with E-state index in [1.807, 2.05) is 41.8 Å². The summed E-state index contributed by atoms with van der Waals surface area (Å²) in [6, 6.07) is 14.8. The average Bonchev–Trinajstić information content (AvgIpc) is 3.32. The third-order valence-electron chi connectivity index (χ3n) is 4.06. The fourth-order valence-corrected chi connectivity index (χ4v) is 4.19. The summed E-state index contributed by atoms with van der Waals surface area (Å²) in [5, 5.41) is 9.76. The number of aromatic nitrogens is 3. The summed E-state index contributed by atoms with van der Waals surface area (Å²) >= 11 is 2.98. The summed E-state index contributed by atoms with van der Waals surface area (Å²) < 4.78 is 2.36. The third-order valence-corrected chi connectivity index (χ3v) is 5.90. The molecule has 1 atom stereocenters. The number of amides is 1. The summed E-state index contributed by atoms with van der Waals surface area (Å²) in [5.41, 5.74) is 1.35. The first kappa shape index (κ1) is 17.6. The molecule has 1 aromatic carbocycles. The number of anilines is 1. The van der Waals surface area contributed by atoms with E-state index in [1.165, 1.54) is 22.1 Å². The second-order valence-corrected chi connectivity index (χ2v) is 8.07. The zero-order chi connectivity index (χ0) is 18.8. The smallest absolute Gasteiger partial charge is 0.266 e. The highest BCUT2D eigenvalue weighted by Crippen LogP contribution is 2.26. The van der Waals surface area contributed by atoms with Gasteiger partial charge in [-0.3, -0.25) is 9.59 Å². The topological polar surface area (TPSA) is 76.9 Å². The standard InChI is InChI=1S/C19H16N4O2S2/c1-12(18(25)21-19-20-13-5-2-3-6-16(13)27-19)11-23-17(24)9-8-14(22-23)15-7-4-10-26-15/h2-10,12H,11H2,1H3,(H,20,21,25)/t12-/m1/s1. The van der Waals surface area contributed by atoms with Crippen molar-refractivity contribution in [2.45, 2.75) is 13.5 Å². The normalized spacial score (nSPS) is 12.2. The largest absolute Gasteiger partial charge is 0.302 e. The Hall–Kier alpha value is -2.84. The summed E-state index contributed by atoms with van der Waals surface area (Å²) in [4.78, 5) is 30.1. The lowest BCUT2D eigenvalue weighted by Crippen LogP contribution is -2.30. The molecule has 3 aromatic heterocycles. The van der Waals surface area contributed by atoms with Gasteiger partial charge in [-0.25, -0.2) is 9.67 Å². The maximum atomic E-state index is 12.5. The lowest BCUT2D eigenvalue weighted by Gasteiger charge is -2.12. The molecular formula is C19H16N4O2S2. The highest BCUT2D eigenvalue weighted by molar-refractivity contribution is 7.22. The second kappa shape index (κ2) is 7.42. The molecule has 0 bridgehead atoms. The predicted octanol–water partition coefficient (Wildman–Crippen LogP) is 3.86. The quantitative estimate of drug-likeness (QED) is 0.556. The number of hydrogen-bond donors (Lipinski definition) is 1. The van der Waals surface area contributed by atoms with E-state index in [9.17, 15) is 9.59 Å². The molecule has 0 saturated carbocycles. The molecule has 1 amide bonds. The Morgan fingerprint density at radius 3 is 2.81 bits per heavy atom. The Kier molecular flexibility index (Phi) is 4.83. The van der Waals surface area contributed by atoms with Crippen molar-refractivity contribution >= 4 is 43.9 Å². The molecule has 1 N–H and O–H groups in total. The predicted molar refractivity (Wildman–Crippen MR) is 109 cm³/mol. The van der Waals surface area contributed by atoms with Gasteiger partial charge in [-0.1, -0.05) is 36.5 Å². The molecule has 8 heteroatoms. The van der Waals surface area contributed by atoms with Crippen molar-refractivity contribution in [3.05, 3.63) is 64.3 Å². The minimum atomic E-state index is -0.430. The molecule has 0 aliphatic carbocycles. The summed E-state index contributed by atoms with van der Waals surface area (Å²) in [5.74, 6) is -0.620. The SMILES string of the molecule is C[C@H](Cn1nc(-c2cccs2)ccc1=O)C(=O)Nc1nc2ccccc2s1. The van der Waals surface area contributed by atoms with Gasteiger partial charge in [0.2, 0.25) is 5.91 Å². The van der Waals surface area contributed by atoms with Gasteiger partial charge in [0.05, 0.1) is 27.6 Å². The van der Waals surface area contributed by atoms with E-state index in [1.54, 1.807) is 24.3 Å². The second-order valence-electron chi connectivity index (χ2n) is 6.09. The molecular weight excluding hydrogens is 380 g/mol. The third kappa shape index (κ3) is 3.81. The first-order chi connectivity index (χ1) is 13.1. The van der Waals surface area contributed by atoms with Gasteiger partial charge >= 0.3 is 0 Å². The highest BCUT2D eigenvalue weighted by atomic mass is 32.1. The minimum absolute atomic E-state index is 0.190. The molecule has 4 aromatic rings. The number of nitrogens with one attached hydrogen (secondary N) is 1. The van der Waals surface area contributed by atoms with Crippen LogP contribution in [0.3, 0.4) is 0 Å². The number of para-hydroxylation sites is 1. The number of nitrogens with zero attached hydrogens (tertiary/aromatic N) is 3. The monoisotopic (exact) mass is 396 g/mol. The van der Waals surface area contributed by atoms with Crippen LogP contribution in [-0.4, -0.2) is 20.7 Å². The van der Waals surface area contributed by atoms with Crippen LogP contribution < -0.4 is 10.9 Å². The number of carbonyl (C=O) groups is 1. The maximum Gasteiger partial charge on any atom is 0.266 e. The van der Waals surface area contributed by atoms with Crippen molar-refractivity contribution in [3.8, 4) is 10.6 Å². The zero-order valence-corrected chi connectivity index (χ0v) is 16.1. The Bertz CT molecular complexity index is 1110. The van der Waals surface area contributed by atoms with Crippen LogP contribution in [0.1, 0.15) is 6.92 Å². The van der Waals surface area contributed by atoms with E-state index in [-0.39, 0.29) is 18.0 Å². The van der Waals surface area contributed by atoms with Crippen LogP contribution in [0.4, 0.5) is 5.13 Å². The van der Waals surface area contributed by atoms with E-state index in [0.717, 1.165) is 20.8 Å². The summed E-state index contributed by atoms with van der Waals surface area (Å²) in [6.07, 6.45) is 0. The maximum absolute atomic E-state index is 12.5. The molecule has 0 fully saturated rings. The Morgan fingerprint density at radius 1 is 1.19 bits per heavy atom. The van der Waals surface area contributed by atoms with Gasteiger partial charge in [0.1, 0.15) is 5.69 Å². The van der Waals surface area contributed by atoms with Crippen LogP contribution >= 0.6 is 22.7 Å². The molecule has 0 spiro atoms. The van der Waals surface area contributed by atoms with Gasteiger partial charge < -0.3 is 5.32 Å². The van der Waals surface area contributed by atoms with Crippen LogP contribution in [0.15, 0.2) is 58.7 Å². The van der Waals surface area contributed by atoms with Gasteiger partial charge in [-0.2, -0.15) is 5.10 Å². The molecule has 0 unspecified atom stereocenters. The van der Waals surface area contributed by atoms with Crippen molar-refractivity contribution in [1.29, 1.82) is 0 Å². The van der Waals surface area contributed by atoms with Gasteiger partial charge in [0.25, 0.3) is 5.56 Å². The average molecular weight is 396 g/mol. The van der Waals surface area contributed by atoms with Crippen LogP contribution in [0.2, 0.25) is 0 Å². The number of thiazole rings is 1. The van der Waals surface area contributed by atoms with Crippen molar-refractivity contribution in [2.24, 2.45) is 5.92 Å². The van der Waals surface area contributed by atoms with Gasteiger partial charge in [-0.05, 0) is 29.6 Å². The molecule has 0 aliphatic rings. The minimum Gasteiger partial charge on any atom is -0.302 e. The highest BCUT2D eigenvalue weighted by Gasteiger charge is 2.17. The summed E-state index contributed by atoms with van der Waals surface area (Å²) in [6.45, 7) is 1.98. The molecule has 0 saturated heterocycles. The number of rotatable bonds is 5. The Morgan fingerprint density at radius 2 is 2.04 bits per heavy atom. The lowest BCUT2D eigenvalue weighted by atomic mass is 10.1. The first-order valence-corrected chi connectivity index (χ1v) is 10.1. The first-order valence-electron chi connectivity index (χ1n) is 8.38. The molecule has 0 aliphatic heterocycles. The molecule has 0 radical (unpaired) electrons. The molecule has 6 nitrogen and oxygen atoms in total. The van der Waals surface area contributed by atoms with Crippen molar-refractivity contribution in [1.82, 2.24) is 14.8 Å². The van der Waals surface area contributed by atoms with Crippen LogP contribution in [0.25, 0.3) is 20.8 Å². The van der Waals surface area contributed by atoms with Gasteiger partial charge in [0, 0.05) is 6.07 Å². The van der Waals surface area contributed by atoms with Crippen LogP contribution in [0, 0.1) is 5.92 Å². The van der Waals surface area contributed by atoms with E-state index in [0.29, 0.717) is 5.13 Å². The molecule has 4 rings (SSSR count). The van der Waals surface area contributed by atoms with E-state index in [4.69, 9.17) is 0 Å². The van der Waals surface area contributed by atoms with Crippen molar-refractivity contribution in [3.63, 3.8) is 0 Å². The van der Waals surface area contributed by atoms with Crippen LogP contribution in [0.5, 0.6) is 0 Å². The van der Waals surface area contributed by atoms with Crippen molar-refractivity contribution < 1.29 is 4.79 Å². The van der Waals surface area contributed by atoms with E-state index < -0.39 is 5.92 Å². The molecule has 3 heterocycles. The number of benzene rings is 1. The van der Waals surface area contributed by atoms with Crippen molar-refractivity contribution in [2.75, 3.05) is 5.32 Å². The molecule has 136 valence electrons.